The van der Waals surface area contributed by atoms with Crippen molar-refractivity contribution in [1.82, 2.24) is 9.97 Å². The fourth-order valence-corrected chi connectivity index (χ4v) is 3.56. The Bertz CT molecular complexity index is 710. The fourth-order valence-electron chi connectivity index (χ4n) is 2.01. The number of nitrogens with one attached hydrogen (secondary N) is 1. The van der Waals surface area contributed by atoms with Gasteiger partial charge in [0.25, 0.3) is 0 Å². The molecule has 0 fully saturated rings. The van der Waals surface area contributed by atoms with Gasteiger partial charge in [0.15, 0.2) is 0 Å². The molecule has 5 heteroatoms. The lowest BCUT2D eigenvalue weighted by Gasteiger charge is -2.08. The third-order valence-electron chi connectivity index (χ3n) is 3.02. The van der Waals surface area contributed by atoms with Crippen LogP contribution in [0.2, 0.25) is 0 Å². The maximum atomic E-state index is 4.69. The summed E-state index contributed by atoms with van der Waals surface area (Å²) in [5.74, 6) is 2.64. The molecule has 0 aliphatic carbocycles. The highest BCUT2D eigenvalue weighted by Crippen LogP contribution is 2.27. The second-order valence-electron chi connectivity index (χ2n) is 4.66. The van der Waals surface area contributed by atoms with E-state index in [1.165, 1.54) is 4.90 Å². The van der Waals surface area contributed by atoms with Gasteiger partial charge in [0, 0.05) is 11.4 Å². The summed E-state index contributed by atoms with van der Waals surface area (Å²) in [7, 11) is 0. The molecule has 0 aliphatic rings. The molecule has 0 bridgehead atoms. The average molecular weight is 315 g/mol. The third-order valence-corrected chi connectivity index (χ3v) is 4.84. The molecule has 108 valence electrons. The Morgan fingerprint density at radius 2 is 2.00 bits per heavy atom. The van der Waals surface area contributed by atoms with Crippen LogP contribution in [0.5, 0.6) is 0 Å². The molecule has 0 aliphatic heterocycles. The van der Waals surface area contributed by atoms with Crippen LogP contribution in [0.1, 0.15) is 19.2 Å². The number of hydrogen-bond donors (Lipinski definition) is 1. The maximum absolute atomic E-state index is 4.69. The minimum Gasteiger partial charge on any atom is -0.369 e. The van der Waals surface area contributed by atoms with Crippen molar-refractivity contribution >= 4 is 39.1 Å². The first-order valence-electron chi connectivity index (χ1n) is 7.02. The van der Waals surface area contributed by atoms with E-state index < -0.39 is 0 Å². The molecule has 0 radical (unpaired) electrons. The van der Waals surface area contributed by atoms with E-state index in [-0.39, 0.29) is 0 Å². The molecule has 3 aromatic rings. The lowest BCUT2D eigenvalue weighted by atomic mass is 10.3. The van der Waals surface area contributed by atoms with Crippen LogP contribution in [0.4, 0.5) is 5.82 Å². The van der Waals surface area contributed by atoms with Gasteiger partial charge in [-0.05, 0) is 30.0 Å². The SMILES string of the molecule is CCCNc1nc(CSc2ccccc2)nc2sccc12. The second kappa shape index (κ2) is 6.91. The summed E-state index contributed by atoms with van der Waals surface area (Å²) in [6, 6.07) is 12.5. The Balaban J connectivity index is 1.81. The smallest absolute Gasteiger partial charge is 0.142 e. The number of anilines is 1. The van der Waals surface area contributed by atoms with Gasteiger partial charge in [-0.1, -0.05) is 25.1 Å². The Morgan fingerprint density at radius 3 is 2.81 bits per heavy atom. The number of hydrogen-bond acceptors (Lipinski definition) is 5. The van der Waals surface area contributed by atoms with Crippen LogP contribution in [-0.4, -0.2) is 16.5 Å². The summed E-state index contributed by atoms with van der Waals surface area (Å²) in [4.78, 5) is 11.7. The topological polar surface area (TPSA) is 37.8 Å². The predicted molar refractivity (Wildman–Crippen MR) is 92.2 cm³/mol. The molecule has 0 spiro atoms. The van der Waals surface area contributed by atoms with Crippen molar-refractivity contribution in [3.05, 3.63) is 47.6 Å². The molecule has 3 rings (SSSR count). The number of thiophene rings is 1. The molecule has 0 atom stereocenters. The average Bonchev–Trinajstić information content (AvgIpc) is 3.00. The highest BCUT2D eigenvalue weighted by molar-refractivity contribution is 7.98. The predicted octanol–water partition coefficient (Wildman–Crippen LogP) is 4.81. The van der Waals surface area contributed by atoms with Crippen LogP contribution in [0.15, 0.2) is 46.7 Å². The Morgan fingerprint density at radius 1 is 1.14 bits per heavy atom. The number of nitrogens with zero attached hydrogens (tertiary/aromatic N) is 2. The van der Waals surface area contributed by atoms with Crippen LogP contribution in [-0.2, 0) is 5.75 Å². The van der Waals surface area contributed by atoms with Crippen molar-refractivity contribution in [1.29, 1.82) is 0 Å². The van der Waals surface area contributed by atoms with Crippen molar-refractivity contribution in [2.24, 2.45) is 0 Å². The fraction of sp³-hybridized carbons (Fsp3) is 0.250. The molecule has 2 heterocycles. The first kappa shape index (κ1) is 14.4. The standard InChI is InChI=1S/C16H17N3S2/c1-2-9-17-15-13-8-10-20-16(13)19-14(18-15)11-21-12-6-4-3-5-7-12/h3-8,10H,2,9,11H2,1H3,(H,17,18,19). The molecule has 3 nitrogen and oxygen atoms in total. The Hall–Kier alpha value is -1.59. The normalized spacial score (nSPS) is 10.9. The van der Waals surface area contributed by atoms with Gasteiger partial charge in [-0.2, -0.15) is 0 Å². The molecule has 0 saturated heterocycles. The highest BCUT2D eigenvalue weighted by Gasteiger charge is 2.08. The zero-order valence-corrected chi connectivity index (χ0v) is 13.5. The van der Waals surface area contributed by atoms with Crippen LogP contribution in [0.3, 0.4) is 0 Å². The summed E-state index contributed by atoms with van der Waals surface area (Å²) in [5, 5.41) is 6.61. The quantitative estimate of drug-likeness (QED) is 0.663. The first-order chi connectivity index (χ1) is 10.4. The molecular formula is C16H17N3S2. The molecular weight excluding hydrogens is 298 g/mol. The molecule has 1 N–H and O–H groups in total. The number of fused-ring (bicyclic) bond motifs is 1. The maximum Gasteiger partial charge on any atom is 0.142 e. The molecule has 0 unspecified atom stereocenters. The van der Waals surface area contributed by atoms with Crippen molar-refractivity contribution in [3.63, 3.8) is 0 Å². The summed E-state index contributed by atoms with van der Waals surface area (Å²) in [6.07, 6.45) is 1.09. The summed E-state index contributed by atoms with van der Waals surface area (Å²) >= 11 is 3.44. The number of thioether (sulfide) groups is 1. The zero-order valence-electron chi connectivity index (χ0n) is 11.9. The molecule has 0 amide bonds. The van der Waals surface area contributed by atoms with Gasteiger partial charge < -0.3 is 5.32 Å². The van der Waals surface area contributed by atoms with Crippen LogP contribution < -0.4 is 5.32 Å². The summed E-state index contributed by atoms with van der Waals surface area (Å²) in [5.41, 5.74) is 0. The molecule has 1 aromatic carbocycles. The van der Waals surface area contributed by atoms with Gasteiger partial charge >= 0.3 is 0 Å². The Kier molecular flexibility index (Phi) is 4.72. The lowest BCUT2D eigenvalue weighted by Crippen LogP contribution is -2.05. The van der Waals surface area contributed by atoms with Crippen molar-refractivity contribution in [3.8, 4) is 0 Å². The third kappa shape index (κ3) is 3.54. The number of aromatic nitrogens is 2. The van der Waals surface area contributed by atoms with E-state index in [9.17, 15) is 0 Å². The molecule has 0 saturated carbocycles. The van der Waals surface area contributed by atoms with E-state index in [2.05, 4.69) is 57.9 Å². The molecule has 21 heavy (non-hydrogen) atoms. The second-order valence-corrected chi connectivity index (χ2v) is 6.60. The van der Waals surface area contributed by atoms with E-state index in [1.807, 2.05) is 6.07 Å². The van der Waals surface area contributed by atoms with Crippen molar-refractivity contribution in [2.45, 2.75) is 24.0 Å². The highest BCUT2D eigenvalue weighted by atomic mass is 32.2. The van der Waals surface area contributed by atoms with Gasteiger partial charge in [-0.25, -0.2) is 9.97 Å². The van der Waals surface area contributed by atoms with E-state index >= 15 is 0 Å². The minimum absolute atomic E-state index is 0.790. The van der Waals surface area contributed by atoms with E-state index in [4.69, 9.17) is 0 Å². The van der Waals surface area contributed by atoms with Gasteiger partial charge in [0.1, 0.15) is 16.5 Å². The number of rotatable bonds is 6. The van der Waals surface area contributed by atoms with Gasteiger partial charge in [0.2, 0.25) is 0 Å². The monoisotopic (exact) mass is 315 g/mol. The van der Waals surface area contributed by atoms with Gasteiger partial charge in [0.05, 0.1) is 11.1 Å². The summed E-state index contributed by atoms with van der Waals surface area (Å²) in [6.45, 7) is 3.10. The number of benzene rings is 1. The van der Waals surface area contributed by atoms with Crippen molar-refractivity contribution in [2.75, 3.05) is 11.9 Å². The van der Waals surface area contributed by atoms with Gasteiger partial charge in [-0.15, -0.1) is 23.1 Å². The summed E-state index contributed by atoms with van der Waals surface area (Å²) < 4.78 is 0. The lowest BCUT2D eigenvalue weighted by molar-refractivity contribution is 0.961. The minimum atomic E-state index is 0.790. The van der Waals surface area contributed by atoms with Gasteiger partial charge in [-0.3, -0.25) is 0 Å². The van der Waals surface area contributed by atoms with E-state index in [1.54, 1.807) is 23.1 Å². The zero-order chi connectivity index (χ0) is 14.5. The Labute approximate surface area is 132 Å². The van der Waals surface area contributed by atoms with Crippen LogP contribution in [0.25, 0.3) is 10.2 Å². The van der Waals surface area contributed by atoms with E-state index in [0.717, 1.165) is 40.6 Å². The largest absolute Gasteiger partial charge is 0.369 e. The van der Waals surface area contributed by atoms with E-state index in [0.29, 0.717) is 0 Å². The molecule has 2 aromatic heterocycles. The van der Waals surface area contributed by atoms with Crippen LogP contribution in [0, 0.1) is 0 Å². The first-order valence-corrected chi connectivity index (χ1v) is 8.89. The van der Waals surface area contributed by atoms with Crippen LogP contribution >= 0.6 is 23.1 Å². The van der Waals surface area contributed by atoms with Crippen molar-refractivity contribution < 1.29 is 0 Å².